The molecule has 0 amide bonds. The Bertz CT molecular complexity index is 867. The number of nitrogens with zero attached hydrogens (tertiary/aromatic N) is 1. The van der Waals surface area contributed by atoms with Gasteiger partial charge in [0.2, 0.25) is 0 Å². The Kier molecular flexibility index (Phi) is 3.93. The predicted molar refractivity (Wildman–Crippen MR) is 89.8 cm³/mol. The summed E-state index contributed by atoms with van der Waals surface area (Å²) >= 11 is 7.65. The summed E-state index contributed by atoms with van der Waals surface area (Å²) in [6.07, 6.45) is 0. The van der Waals surface area contributed by atoms with Gasteiger partial charge in [-0.1, -0.05) is 11.6 Å². The van der Waals surface area contributed by atoms with E-state index in [0.717, 1.165) is 32.2 Å². The highest BCUT2D eigenvalue weighted by Gasteiger charge is 2.18. The minimum atomic E-state index is -0.319. The van der Waals surface area contributed by atoms with Gasteiger partial charge in [-0.05, 0) is 39.0 Å². The Labute approximate surface area is 137 Å². The Hall–Kier alpha value is -1.85. The second-order valence-corrected chi connectivity index (χ2v) is 6.36. The van der Waals surface area contributed by atoms with Crippen LogP contribution >= 0.6 is 22.9 Å². The third-order valence-corrected chi connectivity index (χ3v) is 5.09. The van der Waals surface area contributed by atoms with Gasteiger partial charge in [-0.15, -0.1) is 11.3 Å². The Morgan fingerprint density at radius 2 is 2.18 bits per heavy atom. The smallest absolute Gasteiger partial charge is 0.350 e. The van der Waals surface area contributed by atoms with Gasteiger partial charge in [0.1, 0.15) is 9.88 Å². The number of fused-ring (bicyclic) bond motifs is 1. The largest absolute Gasteiger partial charge is 0.462 e. The molecule has 0 saturated carbocycles. The Morgan fingerprint density at radius 3 is 2.91 bits per heavy atom. The first kappa shape index (κ1) is 15.1. The fraction of sp³-hybridized carbons (Fsp3) is 0.250. The maximum atomic E-state index is 11.9. The molecule has 3 aromatic rings. The zero-order chi connectivity index (χ0) is 15.9. The predicted octanol–water partition coefficient (Wildman–Crippen LogP) is 4.74. The van der Waals surface area contributed by atoms with Gasteiger partial charge in [-0.25, -0.2) is 9.78 Å². The second-order valence-electron chi connectivity index (χ2n) is 4.98. The first-order valence-electron chi connectivity index (χ1n) is 6.94. The van der Waals surface area contributed by atoms with E-state index in [1.54, 1.807) is 6.92 Å². The van der Waals surface area contributed by atoms with E-state index in [-0.39, 0.29) is 5.97 Å². The van der Waals surface area contributed by atoms with Crippen molar-refractivity contribution < 1.29 is 9.53 Å². The molecule has 0 fully saturated rings. The minimum absolute atomic E-state index is 0.319. The van der Waals surface area contributed by atoms with E-state index < -0.39 is 0 Å². The number of carbonyl (C=O) groups is 1. The zero-order valence-corrected chi connectivity index (χ0v) is 14.1. The molecule has 0 bridgehead atoms. The minimum Gasteiger partial charge on any atom is -0.462 e. The molecule has 6 heteroatoms. The normalized spacial score (nSPS) is 11.1. The SMILES string of the molecule is CCOC(=O)c1sc(-c2ccc3[nH]c(C)c(Cl)c3c2)nc1C. The third kappa shape index (κ3) is 2.51. The van der Waals surface area contributed by atoms with E-state index in [4.69, 9.17) is 16.3 Å². The molecule has 0 aliphatic heterocycles. The lowest BCUT2D eigenvalue weighted by molar-refractivity contribution is 0.0531. The summed E-state index contributed by atoms with van der Waals surface area (Å²) < 4.78 is 5.06. The van der Waals surface area contributed by atoms with Crippen LogP contribution in [0.5, 0.6) is 0 Å². The summed E-state index contributed by atoms with van der Waals surface area (Å²) in [6, 6.07) is 5.94. The number of halogens is 1. The summed E-state index contributed by atoms with van der Waals surface area (Å²) in [5.41, 5.74) is 3.56. The Balaban J connectivity index is 2.06. The van der Waals surface area contributed by atoms with Crippen molar-refractivity contribution in [2.75, 3.05) is 6.61 Å². The fourth-order valence-corrected chi connectivity index (χ4v) is 3.49. The highest BCUT2D eigenvalue weighted by molar-refractivity contribution is 7.17. The summed E-state index contributed by atoms with van der Waals surface area (Å²) in [5.74, 6) is -0.319. The molecule has 0 spiro atoms. The average molecular weight is 335 g/mol. The van der Waals surface area contributed by atoms with Crippen LogP contribution in [0.4, 0.5) is 0 Å². The van der Waals surface area contributed by atoms with E-state index in [0.29, 0.717) is 17.2 Å². The van der Waals surface area contributed by atoms with Gasteiger partial charge in [0.15, 0.2) is 0 Å². The maximum absolute atomic E-state index is 11.9. The highest BCUT2D eigenvalue weighted by atomic mass is 35.5. The zero-order valence-electron chi connectivity index (χ0n) is 12.5. The van der Waals surface area contributed by atoms with Crippen LogP contribution in [-0.4, -0.2) is 22.5 Å². The molecular weight excluding hydrogens is 320 g/mol. The van der Waals surface area contributed by atoms with E-state index in [2.05, 4.69) is 9.97 Å². The molecule has 0 radical (unpaired) electrons. The molecule has 0 saturated heterocycles. The van der Waals surface area contributed by atoms with E-state index in [1.807, 2.05) is 32.0 Å². The summed E-state index contributed by atoms with van der Waals surface area (Å²) in [6.45, 7) is 5.90. The van der Waals surface area contributed by atoms with Gasteiger partial charge in [-0.3, -0.25) is 0 Å². The molecule has 2 aromatic heterocycles. The van der Waals surface area contributed by atoms with Crippen molar-refractivity contribution >= 4 is 39.8 Å². The number of nitrogens with one attached hydrogen (secondary N) is 1. The van der Waals surface area contributed by atoms with Gasteiger partial charge in [0.05, 0.1) is 17.3 Å². The molecule has 0 unspecified atom stereocenters. The molecule has 1 aromatic carbocycles. The van der Waals surface area contributed by atoms with Crippen molar-refractivity contribution in [1.29, 1.82) is 0 Å². The van der Waals surface area contributed by atoms with Crippen molar-refractivity contribution in [1.82, 2.24) is 9.97 Å². The standard InChI is InChI=1S/C16H15ClN2O2S/c1-4-21-16(20)14-9(3)19-15(22-14)10-5-6-12-11(7-10)13(17)8(2)18-12/h5-7,18H,4H2,1-3H3. The van der Waals surface area contributed by atoms with Crippen molar-refractivity contribution in [3.63, 3.8) is 0 Å². The van der Waals surface area contributed by atoms with Crippen LogP contribution in [0.1, 0.15) is 28.0 Å². The van der Waals surface area contributed by atoms with E-state index in [9.17, 15) is 4.79 Å². The lowest BCUT2D eigenvalue weighted by Gasteiger charge is -1.98. The highest BCUT2D eigenvalue weighted by Crippen LogP contribution is 2.33. The quantitative estimate of drug-likeness (QED) is 0.704. The molecule has 114 valence electrons. The number of rotatable bonds is 3. The van der Waals surface area contributed by atoms with E-state index in [1.165, 1.54) is 11.3 Å². The lowest BCUT2D eigenvalue weighted by atomic mass is 10.1. The second kappa shape index (κ2) is 5.74. The molecule has 0 aliphatic rings. The summed E-state index contributed by atoms with van der Waals surface area (Å²) in [7, 11) is 0. The summed E-state index contributed by atoms with van der Waals surface area (Å²) in [4.78, 5) is 20.2. The fourth-order valence-electron chi connectivity index (χ4n) is 2.33. The monoisotopic (exact) mass is 334 g/mol. The van der Waals surface area contributed by atoms with Gasteiger partial charge in [0.25, 0.3) is 0 Å². The van der Waals surface area contributed by atoms with Gasteiger partial charge in [0, 0.05) is 22.2 Å². The summed E-state index contributed by atoms with van der Waals surface area (Å²) in [5, 5.41) is 2.47. The molecule has 3 rings (SSSR count). The molecule has 2 heterocycles. The van der Waals surface area contributed by atoms with E-state index >= 15 is 0 Å². The van der Waals surface area contributed by atoms with Crippen molar-refractivity contribution in [3.05, 3.63) is 39.5 Å². The van der Waals surface area contributed by atoms with Gasteiger partial charge >= 0.3 is 5.97 Å². The number of benzene rings is 1. The molecule has 0 aliphatic carbocycles. The maximum Gasteiger partial charge on any atom is 0.350 e. The number of carbonyl (C=O) groups excluding carboxylic acids is 1. The van der Waals surface area contributed by atoms with Crippen LogP contribution in [0, 0.1) is 13.8 Å². The lowest BCUT2D eigenvalue weighted by Crippen LogP contribution is -2.03. The molecule has 0 atom stereocenters. The number of hydrogen-bond donors (Lipinski definition) is 1. The van der Waals surface area contributed by atoms with Crippen LogP contribution in [0.3, 0.4) is 0 Å². The number of aryl methyl sites for hydroxylation is 2. The van der Waals surface area contributed by atoms with Crippen LogP contribution in [0.25, 0.3) is 21.5 Å². The number of aromatic amines is 1. The first-order valence-corrected chi connectivity index (χ1v) is 8.13. The number of aromatic nitrogens is 2. The average Bonchev–Trinajstić information content (AvgIpc) is 3.01. The van der Waals surface area contributed by atoms with Crippen molar-refractivity contribution in [2.45, 2.75) is 20.8 Å². The van der Waals surface area contributed by atoms with Crippen LogP contribution < -0.4 is 0 Å². The Morgan fingerprint density at radius 1 is 1.41 bits per heavy atom. The molecular formula is C16H15ClN2O2S. The van der Waals surface area contributed by atoms with Crippen molar-refractivity contribution in [2.24, 2.45) is 0 Å². The molecule has 4 nitrogen and oxygen atoms in total. The van der Waals surface area contributed by atoms with Crippen LogP contribution in [0.2, 0.25) is 5.02 Å². The van der Waals surface area contributed by atoms with Crippen LogP contribution in [0.15, 0.2) is 18.2 Å². The number of ether oxygens (including phenoxy) is 1. The van der Waals surface area contributed by atoms with Gasteiger partial charge in [-0.2, -0.15) is 0 Å². The first-order chi connectivity index (χ1) is 10.5. The number of hydrogen-bond acceptors (Lipinski definition) is 4. The third-order valence-electron chi connectivity index (χ3n) is 3.41. The topological polar surface area (TPSA) is 55.0 Å². The number of H-pyrrole nitrogens is 1. The van der Waals surface area contributed by atoms with Crippen LogP contribution in [-0.2, 0) is 4.74 Å². The number of esters is 1. The molecule has 22 heavy (non-hydrogen) atoms. The van der Waals surface area contributed by atoms with Crippen molar-refractivity contribution in [3.8, 4) is 10.6 Å². The van der Waals surface area contributed by atoms with Gasteiger partial charge < -0.3 is 9.72 Å². The molecule has 1 N–H and O–H groups in total. The number of thiazole rings is 1.